The van der Waals surface area contributed by atoms with Crippen LogP contribution in [0.1, 0.15) is 108 Å². The van der Waals surface area contributed by atoms with Gasteiger partial charge in [-0.25, -0.2) is 0 Å². The molecule has 1 unspecified atom stereocenters. The minimum absolute atomic E-state index is 0.580. The third kappa shape index (κ3) is 7.81. The monoisotopic (exact) mass is 446 g/mol. The molecule has 3 heteroatoms. The molecule has 0 aromatic heterocycles. The maximum absolute atomic E-state index is 12.8. The number of benzene rings is 1. The molecule has 0 amide bonds. The minimum atomic E-state index is -4.27. The average Bonchev–Trinajstić information content (AvgIpc) is 2.81. The van der Waals surface area contributed by atoms with Crippen LogP contribution in [0.4, 0.5) is 13.2 Å². The molecule has 1 aromatic carbocycles. The first kappa shape index (κ1) is 25.1. The molecule has 0 N–H and O–H groups in total. The Morgan fingerprint density at radius 3 is 2.00 bits per heavy atom. The van der Waals surface area contributed by atoms with Gasteiger partial charge in [0.15, 0.2) is 0 Å². The highest BCUT2D eigenvalue weighted by Gasteiger charge is 2.30. The summed E-state index contributed by atoms with van der Waals surface area (Å²) in [7, 11) is 0. The third-order valence-corrected chi connectivity index (χ3v) is 7.64. The molecule has 2 aliphatic carbocycles. The fraction of sp³-hybridized carbons (Fsp3) is 0.655. The molecule has 0 bridgehead atoms. The summed E-state index contributed by atoms with van der Waals surface area (Å²) >= 11 is 0. The molecule has 1 saturated carbocycles. The number of hydrogen-bond donors (Lipinski definition) is 0. The number of hydrogen-bond acceptors (Lipinski definition) is 0. The van der Waals surface area contributed by atoms with Gasteiger partial charge in [0.1, 0.15) is 0 Å². The maximum Gasteiger partial charge on any atom is 0.416 e. The topological polar surface area (TPSA) is 0 Å². The van der Waals surface area contributed by atoms with Crippen molar-refractivity contribution in [2.45, 2.75) is 103 Å². The first-order valence-corrected chi connectivity index (χ1v) is 13.0. The van der Waals surface area contributed by atoms with Gasteiger partial charge in [0.2, 0.25) is 0 Å². The van der Waals surface area contributed by atoms with Crippen LogP contribution in [0.5, 0.6) is 0 Å². The zero-order valence-corrected chi connectivity index (χ0v) is 19.8. The van der Waals surface area contributed by atoms with Gasteiger partial charge in [-0.05, 0) is 60.3 Å². The lowest BCUT2D eigenvalue weighted by molar-refractivity contribution is -0.137. The van der Waals surface area contributed by atoms with Crippen molar-refractivity contribution in [2.24, 2.45) is 17.8 Å². The van der Waals surface area contributed by atoms with Gasteiger partial charge >= 0.3 is 6.18 Å². The largest absolute Gasteiger partial charge is 0.416 e. The van der Waals surface area contributed by atoms with Crippen molar-refractivity contribution in [2.75, 3.05) is 0 Å². The summed E-state index contributed by atoms with van der Waals surface area (Å²) in [5.74, 6) is 2.29. The lowest BCUT2D eigenvalue weighted by Gasteiger charge is -2.33. The summed E-state index contributed by atoms with van der Waals surface area (Å²) in [4.78, 5) is 0. The molecule has 0 aliphatic heterocycles. The van der Waals surface area contributed by atoms with E-state index in [1.165, 1.54) is 95.6 Å². The van der Waals surface area contributed by atoms with Gasteiger partial charge in [-0.3, -0.25) is 0 Å². The number of unbranched alkanes of at least 4 members (excludes halogenated alkanes) is 7. The van der Waals surface area contributed by atoms with E-state index in [9.17, 15) is 13.2 Å². The standard InChI is InChI=1S/C29H41F3/c1-2-3-4-5-6-7-8-9-10-23-11-13-24(14-12-23)25-15-17-26(18-16-25)27-19-21-28(22-20-27)29(30,31)32/h15,17-25H,2-14,16H2,1H3. The number of alkyl halides is 3. The molecule has 178 valence electrons. The Hall–Kier alpha value is -1.51. The van der Waals surface area contributed by atoms with Crippen molar-refractivity contribution in [1.82, 2.24) is 0 Å². The summed E-state index contributed by atoms with van der Waals surface area (Å²) in [6, 6.07) is 5.55. The van der Waals surface area contributed by atoms with E-state index in [0.717, 1.165) is 29.4 Å². The first-order chi connectivity index (χ1) is 15.5. The van der Waals surface area contributed by atoms with Crippen LogP contribution in [0.3, 0.4) is 0 Å². The second kappa shape index (κ2) is 12.7. The van der Waals surface area contributed by atoms with Gasteiger partial charge in [0.25, 0.3) is 0 Å². The minimum Gasteiger partial charge on any atom is -0.166 e. The van der Waals surface area contributed by atoms with E-state index in [-0.39, 0.29) is 0 Å². The van der Waals surface area contributed by atoms with Gasteiger partial charge in [0.05, 0.1) is 5.56 Å². The fourth-order valence-electron chi connectivity index (χ4n) is 5.52. The number of rotatable bonds is 11. The molecule has 1 fully saturated rings. The van der Waals surface area contributed by atoms with Crippen LogP contribution < -0.4 is 0 Å². The van der Waals surface area contributed by atoms with Crippen molar-refractivity contribution in [1.29, 1.82) is 0 Å². The maximum atomic E-state index is 12.8. The van der Waals surface area contributed by atoms with Gasteiger partial charge in [0, 0.05) is 0 Å². The molecule has 0 spiro atoms. The van der Waals surface area contributed by atoms with E-state index >= 15 is 0 Å². The van der Waals surface area contributed by atoms with Crippen LogP contribution in [0.2, 0.25) is 0 Å². The van der Waals surface area contributed by atoms with Crippen molar-refractivity contribution in [3.8, 4) is 0 Å². The van der Waals surface area contributed by atoms with E-state index in [4.69, 9.17) is 0 Å². The van der Waals surface area contributed by atoms with Gasteiger partial charge in [-0.2, -0.15) is 13.2 Å². The Morgan fingerprint density at radius 2 is 1.44 bits per heavy atom. The van der Waals surface area contributed by atoms with E-state index in [1.54, 1.807) is 12.1 Å². The molecule has 1 aromatic rings. The number of allylic oxidation sites excluding steroid dienone is 4. The molecule has 0 radical (unpaired) electrons. The van der Waals surface area contributed by atoms with E-state index in [1.807, 2.05) is 0 Å². The van der Waals surface area contributed by atoms with Gasteiger partial charge in [-0.1, -0.05) is 108 Å². The highest BCUT2D eigenvalue weighted by atomic mass is 19.4. The quantitative estimate of drug-likeness (QED) is 0.297. The smallest absolute Gasteiger partial charge is 0.166 e. The molecule has 1 atom stereocenters. The Balaban J connectivity index is 1.33. The SMILES string of the molecule is CCCCCCCCCCC1CCC(C2C=CC(c3ccc(C(F)(F)F)cc3)=CC2)CC1. The summed E-state index contributed by atoms with van der Waals surface area (Å²) in [5.41, 5.74) is 1.35. The number of halogens is 3. The fourth-order valence-corrected chi connectivity index (χ4v) is 5.52. The molecular formula is C29H41F3. The van der Waals surface area contributed by atoms with Crippen molar-refractivity contribution < 1.29 is 13.2 Å². The van der Waals surface area contributed by atoms with Crippen LogP contribution >= 0.6 is 0 Å². The van der Waals surface area contributed by atoms with Crippen LogP contribution in [-0.4, -0.2) is 0 Å². The summed E-state index contributed by atoms with van der Waals surface area (Å²) in [6.07, 6.45) is 21.5. The first-order valence-electron chi connectivity index (χ1n) is 13.0. The molecule has 2 aliphatic rings. The van der Waals surface area contributed by atoms with E-state index in [2.05, 4.69) is 25.2 Å². The summed E-state index contributed by atoms with van der Waals surface area (Å²) in [6.45, 7) is 2.27. The highest BCUT2D eigenvalue weighted by Crippen LogP contribution is 2.40. The van der Waals surface area contributed by atoms with Crippen molar-refractivity contribution >= 4 is 5.57 Å². The molecule has 0 heterocycles. The molecule has 0 saturated heterocycles. The van der Waals surface area contributed by atoms with E-state index < -0.39 is 11.7 Å². The zero-order valence-electron chi connectivity index (χ0n) is 19.8. The second-order valence-corrected chi connectivity index (χ2v) is 10.0. The third-order valence-electron chi connectivity index (χ3n) is 7.64. The van der Waals surface area contributed by atoms with Gasteiger partial charge < -0.3 is 0 Å². The van der Waals surface area contributed by atoms with E-state index in [0.29, 0.717) is 5.92 Å². The Morgan fingerprint density at radius 1 is 0.812 bits per heavy atom. The summed E-state index contributed by atoms with van der Waals surface area (Å²) < 4.78 is 38.3. The van der Waals surface area contributed by atoms with Gasteiger partial charge in [-0.15, -0.1) is 0 Å². The Bertz CT molecular complexity index is 718. The Labute approximate surface area is 193 Å². The lowest BCUT2D eigenvalue weighted by atomic mass is 9.72. The lowest BCUT2D eigenvalue weighted by Crippen LogP contribution is -2.21. The van der Waals surface area contributed by atoms with Crippen LogP contribution in [-0.2, 0) is 6.18 Å². The highest BCUT2D eigenvalue weighted by molar-refractivity contribution is 5.75. The van der Waals surface area contributed by atoms with Crippen molar-refractivity contribution in [3.63, 3.8) is 0 Å². The molecule has 0 nitrogen and oxygen atoms in total. The summed E-state index contributed by atoms with van der Waals surface area (Å²) in [5, 5.41) is 0. The molecular weight excluding hydrogens is 405 g/mol. The molecule has 3 rings (SSSR count). The molecule has 32 heavy (non-hydrogen) atoms. The second-order valence-electron chi connectivity index (χ2n) is 10.0. The zero-order chi connectivity index (χ0) is 22.8. The van der Waals surface area contributed by atoms with Crippen LogP contribution in [0, 0.1) is 17.8 Å². The van der Waals surface area contributed by atoms with Crippen LogP contribution in [0.15, 0.2) is 42.5 Å². The normalized spacial score (nSPS) is 23.9. The average molecular weight is 447 g/mol. The predicted molar refractivity (Wildman–Crippen MR) is 129 cm³/mol. The van der Waals surface area contributed by atoms with Crippen molar-refractivity contribution in [3.05, 3.63) is 53.6 Å². The van der Waals surface area contributed by atoms with Crippen LogP contribution in [0.25, 0.3) is 5.57 Å². The predicted octanol–water partition coefficient (Wildman–Crippen LogP) is 10.0. The Kier molecular flexibility index (Phi) is 9.93.